The number of carbonyl (C=O) groups excluding carboxylic acids is 3. The van der Waals surface area contributed by atoms with Crippen molar-refractivity contribution >= 4 is 56.6 Å². The molecule has 3 aromatic carbocycles. The van der Waals surface area contributed by atoms with E-state index in [4.69, 9.17) is 4.74 Å². The Hall–Kier alpha value is -5.46. The number of aliphatic hydroxyl groups excluding tert-OH is 1. The van der Waals surface area contributed by atoms with E-state index in [1.807, 2.05) is 24.3 Å². The van der Waals surface area contributed by atoms with Gasteiger partial charge < -0.3 is 31.1 Å². The molecule has 1 saturated heterocycles. The van der Waals surface area contributed by atoms with E-state index in [-0.39, 0.29) is 36.2 Å². The number of fused-ring (bicyclic) bond motifs is 1. The monoisotopic (exact) mass is 785 g/mol. The van der Waals surface area contributed by atoms with Gasteiger partial charge in [0.05, 0.1) is 24.1 Å². The molecule has 0 radical (unpaired) electrons. The van der Waals surface area contributed by atoms with E-state index in [1.165, 1.54) is 6.07 Å². The van der Waals surface area contributed by atoms with Gasteiger partial charge in [0, 0.05) is 47.3 Å². The number of rotatable bonds is 15. The third-order valence-corrected chi connectivity index (χ3v) is 10.7. The van der Waals surface area contributed by atoms with Gasteiger partial charge in [-0.3, -0.25) is 24.6 Å². The summed E-state index contributed by atoms with van der Waals surface area (Å²) in [6, 6.07) is 20.1. The lowest BCUT2D eigenvalue weighted by atomic mass is 10.1. The first kappa shape index (κ1) is 40.2. The van der Waals surface area contributed by atoms with Gasteiger partial charge in [-0.05, 0) is 107 Å². The van der Waals surface area contributed by atoms with Crippen LogP contribution in [0.25, 0.3) is 0 Å². The highest BCUT2D eigenvalue weighted by Gasteiger charge is 2.39. The molecule has 1 fully saturated rings. The van der Waals surface area contributed by atoms with Crippen LogP contribution in [0.3, 0.4) is 0 Å². The molecule has 6 rings (SSSR count). The molecule has 3 amide bonds. The van der Waals surface area contributed by atoms with Crippen LogP contribution in [0.2, 0.25) is 0 Å². The molecule has 0 aliphatic carbocycles. The Balaban J connectivity index is 0.915. The Morgan fingerprint density at radius 3 is 2.59 bits per heavy atom. The molecule has 3 heterocycles. The summed E-state index contributed by atoms with van der Waals surface area (Å²) in [6.45, 7) is 6.65. The van der Waals surface area contributed by atoms with E-state index >= 15 is 0 Å². The van der Waals surface area contributed by atoms with Crippen molar-refractivity contribution in [3.05, 3.63) is 90.1 Å². The first-order chi connectivity index (χ1) is 26.7. The normalized spacial score (nSPS) is 17.4. The number of nitrogens with one attached hydrogen (secondary N) is 6. The first-order valence-corrected chi connectivity index (χ1v) is 19.9. The van der Waals surface area contributed by atoms with E-state index in [0.29, 0.717) is 66.9 Å². The molecule has 7 N–H and O–H groups in total. The van der Waals surface area contributed by atoms with Crippen molar-refractivity contribution in [3.8, 4) is 5.75 Å². The number of nitrogens with zero attached hydrogens (tertiary/aromatic N) is 3. The van der Waals surface area contributed by atoms with Gasteiger partial charge in [-0.25, -0.2) is 18.1 Å². The molecule has 0 saturated carbocycles. The number of aliphatic hydroxyl groups is 1. The average Bonchev–Trinajstić information content (AvgIpc) is 3.37. The molecular formula is C39H47N9O7S. The fourth-order valence-corrected chi connectivity index (χ4v) is 7.91. The quantitative estimate of drug-likeness (QED) is 0.0670. The van der Waals surface area contributed by atoms with E-state index < -0.39 is 33.7 Å². The minimum Gasteiger partial charge on any atom is -0.494 e. The molecule has 2 aliphatic rings. The van der Waals surface area contributed by atoms with Crippen molar-refractivity contribution in [2.24, 2.45) is 0 Å². The predicted molar refractivity (Wildman–Crippen MR) is 211 cm³/mol. The van der Waals surface area contributed by atoms with Crippen LogP contribution in [0.5, 0.6) is 5.75 Å². The maximum Gasteiger partial charge on any atom is 0.244 e. The third kappa shape index (κ3) is 10.6. The Morgan fingerprint density at radius 2 is 1.80 bits per heavy atom. The second kappa shape index (κ2) is 17.6. The lowest BCUT2D eigenvalue weighted by Gasteiger charge is -2.28. The first-order valence-electron chi connectivity index (χ1n) is 18.4. The van der Waals surface area contributed by atoms with Crippen molar-refractivity contribution in [1.82, 2.24) is 30.2 Å². The molecule has 0 bridgehead atoms. The number of imide groups is 1. The van der Waals surface area contributed by atoms with Crippen LogP contribution in [0.4, 0.5) is 28.8 Å². The summed E-state index contributed by atoms with van der Waals surface area (Å²) in [7, 11) is -3.70. The molecule has 2 atom stereocenters. The van der Waals surface area contributed by atoms with Crippen LogP contribution in [0.1, 0.15) is 63.8 Å². The SMILES string of the molecule is CC(C)(C)NS(=O)(=O)c1cccc(Nc2ccnc(Nc3ccc(OCCCNCC(=O)Nc4cccc5c4CN([C@H]4CCCC(=O)NC4=O)C5O)cc3)n2)c1. The summed E-state index contributed by atoms with van der Waals surface area (Å²) in [5, 5.41) is 25.7. The lowest BCUT2D eigenvalue weighted by molar-refractivity contribution is -0.135. The molecule has 0 spiro atoms. The summed E-state index contributed by atoms with van der Waals surface area (Å²) < 4.78 is 34.1. The van der Waals surface area contributed by atoms with Gasteiger partial charge in [0.15, 0.2) is 0 Å². The largest absolute Gasteiger partial charge is 0.494 e. The summed E-state index contributed by atoms with van der Waals surface area (Å²) in [5.41, 5.74) is 2.62. The fraction of sp³-hybridized carbons (Fsp3) is 0.359. The number of carbonyl (C=O) groups is 3. The van der Waals surface area contributed by atoms with E-state index in [9.17, 15) is 27.9 Å². The Kier molecular flexibility index (Phi) is 12.6. The van der Waals surface area contributed by atoms with Gasteiger partial charge in [0.25, 0.3) is 0 Å². The summed E-state index contributed by atoms with van der Waals surface area (Å²) in [6.07, 6.45) is 2.49. The molecule has 2 aliphatic heterocycles. The highest BCUT2D eigenvalue weighted by molar-refractivity contribution is 7.89. The number of ether oxygens (including phenoxy) is 1. The van der Waals surface area contributed by atoms with Crippen LogP contribution in [-0.2, 0) is 31.0 Å². The zero-order chi connectivity index (χ0) is 39.9. The average molecular weight is 786 g/mol. The van der Waals surface area contributed by atoms with Crippen LogP contribution in [0, 0.1) is 0 Å². The van der Waals surface area contributed by atoms with Crippen LogP contribution in [0.15, 0.2) is 83.9 Å². The molecule has 296 valence electrons. The van der Waals surface area contributed by atoms with Crippen LogP contribution >= 0.6 is 0 Å². The van der Waals surface area contributed by atoms with Gasteiger partial charge in [-0.2, -0.15) is 4.98 Å². The third-order valence-electron chi connectivity index (χ3n) is 8.94. The van der Waals surface area contributed by atoms with Crippen molar-refractivity contribution in [2.45, 2.75) is 75.7 Å². The Bertz CT molecular complexity index is 2160. The fourth-order valence-electron chi connectivity index (χ4n) is 6.44. The number of sulfonamides is 1. The van der Waals surface area contributed by atoms with Gasteiger partial charge in [-0.15, -0.1) is 0 Å². The number of benzene rings is 3. The number of aromatic nitrogens is 2. The molecule has 56 heavy (non-hydrogen) atoms. The number of anilines is 5. The van der Waals surface area contributed by atoms with Crippen molar-refractivity contribution in [1.29, 1.82) is 0 Å². The zero-order valence-corrected chi connectivity index (χ0v) is 32.3. The zero-order valence-electron chi connectivity index (χ0n) is 31.5. The highest BCUT2D eigenvalue weighted by atomic mass is 32.2. The maximum atomic E-state index is 12.8. The van der Waals surface area contributed by atoms with Gasteiger partial charge in [-0.1, -0.05) is 18.2 Å². The molecule has 1 unspecified atom stereocenters. The minimum atomic E-state index is -3.70. The maximum absolute atomic E-state index is 12.8. The Labute approximate surface area is 325 Å². The minimum absolute atomic E-state index is 0.0749. The predicted octanol–water partition coefficient (Wildman–Crippen LogP) is 4.04. The smallest absolute Gasteiger partial charge is 0.244 e. The van der Waals surface area contributed by atoms with Crippen molar-refractivity contribution < 1.29 is 32.6 Å². The van der Waals surface area contributed by atoms with Crippen molar-refractivity contribution in [2.75, 3.05) is 35.6 Å². The highest BCUT2D eigenvalue weighted by Crippen LogP contribution is 2.38. The molecule has 1 aromatic heterocycles. The van der Waals surface area contributed by atoms with Gasteiger partial charge >= 0.3 is 0 Å². The molecule has 17 heteroatoms. The summed E-state index contributed by atoms with van der Waals surface area (Å²) >= 11 is 0. The molecule has 16 nitrogen and oxygen atoms in total. The van der Waals surface area contributed by atoms with Gasteiger partial charge in [0.1, 0.15) is 17.8 Å². The lowest BCUT2D eigenvalue weighted by Crippen LogP contribution is -2.46. The number of amides is 3. The Morgan fingerprint density at radius 1 is 1.02 bits per heavy atom. The topological polar surface area (TPSA) is 216 Å². The van der Waals surface area contributed by atoms with E-state index in [1.54, 1.807) is 74.3 Å². The van der Waals surface area contributed by atoms with Crippen LogP contribution in [-0.4, -0.2) is 77.4 Å². The molecular weight excluding hydrogens is 739 g/mol. The number of hydrogen-bond acceptors (Lipinski definition) is 13. The van der Waals surface area contributed by atoms with Crippen molar-refractivity contribution in [3.63, 3.8) is 0 Å². The van der Waals surface area contributed by atoms with E-state index in [0.717, 1.165) is 11.3 Å². The van der Waals surface area contributed by atoms with E-state index in [2.05, 4.69) is 41.3 Å². The summed E-state index contributed by atoms with van der Waals surface area (Å²) in [4.78, 5) is 47.8. The standard InChI is InChI=1S/C39H47N9O7S/c1-39(2,3)47-56(53,54)28-9-4-8-26(22-28)42-33-18-20-41-38(45-33)43-25-14-16-27(17-15-25)55-21-7-19-40-23-35(50)44-31-11-5-10-29-30(31)24-48(37(29)52)32-12-6-13-34(49)46-36(32)51/h4-5,8-11,14-18,20,22,32,37,40,47,52H,6-7,12-13,19,21,23-24H2,1-3H3,(H,44,50)(H,46,49,51)(H2,41,42,43,45)/t32-,37?/m0/s1. The second-order valence-electron chi connectivity index (χ2n) is 14.6. The summed E-state index contributed by atoms with van der Waals surface area (Å²) in [5.74, 6) is 0.521. The van der Waals surface area contributed by atoms with Crippen LogP contribution < -0.4 is 36.0 Å². The molecule has 4 aromatic rings. The van der Waals surface area contributed by atoms with Gasteiger partial charge in [0.2, 0.25) is 33.7 Å². The second-order valence-corrected chi connectivity index (χ2v) is 16.3. The number of hydrogen-bond donors (Lipinski definition) is 7.